The van der Waals surface area contributed by atoms with E-state index in [4.69, 9.17) is 33.7 Å². The first-order valence-electron chi connectivity index (χ1n) is 5.12. The Kier molecular flexibility index (Phi) is 3.79. The van der Waals surface area contributed by atoms with Crippen LogP contribution in [0.5, 0.6) is 5.75 Å². The largest absolute Gasteiger partial charge is 0.497 e. The number of nitrogens with two attached hydrogens (primary N) is 1. The molecule has 0 unspecified atom stereocenters. The van der Waals surface area contributed by atoms with Crippen LogP contribution in [0.4, 0.5) is 17.2 Å². The smallest absolute Gasteiger partial charge is 0.155 e. The summed E-state index contributed by atoms with van der Waals surface area (Å²) in [5, 5.41) is 3.91. The highest BCUT2D eigenvalue weighted by Gasteiger charge is 2.07. The van der Waals surface area contributed by atoms with E-state index in [1.807, 2.05) is 0 Å². The summed E-state index contributed by atoms with van der Waals surface area (Å²) in [7, 11) is 1.58. The lowest BCUT2D eigenvalue weighted by Crippen LogP contribution is -2.00. The number of hydrogen-bond acceptors (Lipinski definition) is 4. The van der Waals surface area contributed by atoms with Gasteiger partial charge >= 0.3 is 0 Å². The number of pyridine rings is 1. The Hall–Kier alpha value is -1.65. The van der Waals surface area contributed by atoms with Crippen LogP contribution in [0.2, 0.25) is 10.2 Å². The molecule has 18 heavy (non-hydrogen) atoms. The minimum atomic E-state index is 0.353. The van der Waals surface area contributed by atoms with Crippen molar-refractivity contribution in [2.45, 2.75) is 0 Å². The van der Waals surface area contributed by atoms with Crippen LogP contribution in [-0.2, 0) is 0 Å². The van der Waals surface area contributed by atoms with Crippen LogP contribution < -0.4 is 15.8 Å². The molecule has 1 heterocycles. The minimum absolute atomic E-state index is 0.353. The summed E-state index contributed by atoms with van der Waals surface area (Å²) in [5.74, 6) is 1.14. The van der Waals surface area contributed by atoms with E-state index in [1.165, 1.54) is 0 Å². The van der Waals surface area contributed by atoms with Crippen molar-refractivity contribution in [1.29, 1.82) is 0 Å². The van der Waals surface area contributed by atoms with Crippen molar-refractivity contribution in [3.63, 3.8) is 0 Å². The van der Waals surface area contributed by atoms with Crippen LogP contribution in [-0.4, -0.2) is 12.1 Å². The molecule has 2 aromatic rings. The molecule has 0 amide bonds. The zero-order valence-corrected chi connectivity index (χ0v) is 11.1. The van der Waals surface area contributed by atoms with Gasteiger partial charge in [0.15, 0.2) is 5.82 Å². The lowest BCUT2D eigenvalue weighted by atomic mass is 10.3. The van der Waals surface area contributed by atoms with Gasteiger partial charge in [0.1, 0.15) is 10.9 Å². The molecule has 3 N–H and O–H groups in total. The second-order valence-corrected chi connectivity index (χ2v) is 4.34. The van der Waals surface area contributed by atoms with Gasteiger partial charge in [-0.25, -0.2) is 4.98 Å². The monoisotopic (exact) mass is 283 g/mol. The molecule has 0 bridgehead atoms. The molecule has 0 fully saturated rings. The second kappa shape index (κ2) is 5.33. The average Bonchev–Trinajstić information content (AvgIpc) is 2.36. The fraction of sp³-hybridized carbons (Fsp3) is 0.0833. The van der Waals surface area contributed by atoms with Gasteiger partial charge in [-0.2, -0.15) is 0 Å². The third-order valence-corrected chi connectivity index (χ3v) is 2.86. The standard InChI is InChI=1S/C12H11Cl2N3O/c1-18-7-2-3-8(13)10(6-7)16-12-9(15)4-5-11(14)17-12/h2-6H,15H2,1H3,(H,16,17). The molecule has 0 aliphatic rings. The van der Waals surface area contributed by atoms with E-state index < -0.39 is 0 Å². The summed E-state index contributed by atoms with van der Waals surface area (Å²) in [5.41, 5.74) is 6.93. The molecule has 2 rings (SSSR count). The highest BCUT2D eigenvalue weighted by Crippen LogP contribution is 2.31. The van der Waals surface area contributed by atoms with Crippen molar-refractivity contribution >= 4 is 40.4 Å². The SMILES string of the molecule is COc1ccc(Cl)c(Nc2nc(Cl)ccc2N)c1. The Morgan fingerprint density at radius 3 is 2.72 bits per heavy atom. The van der Waals surface area contributed by atoms with Crippen molar-refractivity contribution in [3.8, 4) is 5.75 Å². The fourth-order valence-corrected chi connectivity index (χ4v) is 1.71. The quantitative estimate of drug-likeness (QED) is 0.843. The summed E-state index contributed by atoms with van der Waals surface area (Å²) in [4.78, 5) is 4.09. The topological polar surface area (TPSA) is 60.2 Å². The molecule has 0 aliphatic carbocycles. The number of rotatable bonds is 3. The third kappa shape index (κ3) is 2.78. The highest BCUT2D eigenvalue weighted by molar-refractivity contribution is 6.33. The zero-order valence-electron chi connectivity index (χ0n) is 9.58. The van der Waals surface area contributed by atoms with Crippen LogP contribution in [0.1, 0.15) is 0 Å². The van der Waals surface area contributed by atoms with E-state index in [0.29, 0.717) is 33.1 Å². The number of nitrogen functional groups attached to an aromatic ring is 1. The van der Waals surface area contributed by atoms with Crippen molar-refractivity contribution < 1.29 is 4.74 Å². The van der Waals surface area contributed by atoms with Crippen molar-refractivity contribution in [1.82, 2.24) is 4.98 Å². The Balaban J connectivity index is 2.36. The molecule has 6 heteroatoms. The van der Waals surface area contributed by atoms with Gasteiger partial charge in [0, 0.05) is 6.07 Å². The van der Waals surface area contributed by atoms with E-state index in [9.17, 15) is 0 Å². The maximum absolute atomic E-state index is 6.08. The number of nitrogens with one attached hydrogen (secondary N) is 1. The molecule has 94 valence electrons. The summed E-state index contributed by atoms with van der Waals surface area (Å²) >= 11 is 11.9. The maximum Gasteiger partial charge on any atom is 0.155 e. The zero-order chi connectivity index (χ0) is 13.1. The summed E-state index contributed by atoms with van der Waals surface area (Å²) in [6, 6.07) is 8.54. The van der Waals surface area contributed by atoms with Gasteiger partial charge in [0.25, 0.3) is 0 Å². The third-order valence-electron chi connectivity index (χ3n) is 2.32. The number of anilines is 3. The fourth-order valence-electron chi connectivity index (χ4n) is 1.40. The summed E-state index contributed by atoms with van der Waals surface area (Å²) in [6.07, 6.45) is 0. The molecule has 1 aromatic heterocycles. The molecule has 0 saturated carbocycles. The van der Waals surface area contributed by atoms with Gasteiger partial charge < -0.3 is 15.8 Å². The molecule has 0 spiro atoms. The Morgan fingerprint density at radius 1 is 1.22 bits per heavy atom. The Labute approximate surface area is 115 Å². The van der Waals surface area contributed by atoms with E-state index in [0.717, 1.165) is 0 Å². The Bertz CT molecular complexity index is 575. The average molecular weight is 284 g/mol. The first-order chi connectivity index (χ1) is 8.60. The van der Waals surface area contributed by atoms with Crippen molar-refractivity contribution in [3.05, 3.63) is 40.5 Å². The van der Waals surface area contributed by atoms with Gasteiger partial charge in [0.05, 0.1) is 23.5 Å². The highest BCUT2D eigenvalue weighted by atomic mass is 35.5. The summed E-state index contributed by atoms with van der Waals surface area (Å²) in [6.45, 7) is 0. The van der Waals surface area contributed by atoms with E-state index in [1.54, 1.807) is 37.4 Å². The first kappa shape index (κ1) is 12.8. The van der Waals surface area contributed by atoms with E-state index >= 15 is 0 Å². The lowest BCUT2D eigenvalue weighted by molar-refractivity contribution is 0.415. The molecule has 1 aromatic carbocycles. The molecular formula is C12H11Cl2N3O. The van der Waals surface area contributed by atoms with Crippen LogP contribution >= 0.6 is 23.2 Å². The van der Waals surface area contributed by atoms with Gasteiger partial charge in [-0.1, -0.05) is 23.2 Å². The molecular weight excluding hydrogens is 273 g/mol. The van der Waals surface area contributed by atoms with Gasteiger partial charge in [-0.3, -0.25) is 0 Å². The molecule has 4 nitrogen and oxygen atoms in total. The molecule has 0 radical (unpaired) electrons. The van der Waals surface area contributed by atoms with Crippen LogP contribution in [0.3, 0.4) is 0 Å². The number of benzene rings is 1. The normalized spacial score (nSPS) is 10.2. The first-order valence-corrected chi connectivity index (χ1v) is 5.88. The van der Waals surface area contributed by atoms with Crippen LogP contribution in [0.25, 0.3) is 0 Å². The predicted octanol–water partition coefficient (Wildman–Crippen LogP) is 3.72. The molecule has 0 atom stereocenters. The van der Waals surface area contributed by atoms with Gasteiger partial charge in [0.2, 0.25) is 0 Å². The van der Waals surface area contributed by atoms with Crippen LogP contribution in [0.15, 0.2) is 30.3 Å². The van der Waals surface area contributed by atoms with Gasteiger partial charge in [-0.15, -0.1) is 0 Å². The van der Waals surface area contributed by atoms with Crippen LogP contribution in [0, 0.1) is 0 Å². The predicted molar refractivity (Wildman–Crippen MR) is 74.9 cm³/mol. The minimum Gasteiger partial charge on any atom is -0.497 e. The van der Waals surface area contributed by atoms with E-state index in [-0.39, 0.29) is 0 Å². The second-order valence-electron chi connectivity index (χ2n) is 3.54. The maximum atomic E-state index is 6.08. The lowest BCUT2D eigenvalue weighted by Gasteiger charge is -2.11. The Morgan fingerprint density at radius 2 is 2.00 bits per heavy atom. The van der Waals surface area contributed by atoms with E-state index in [2.05, 4.69) is 10.3 Å². The number of halogens is 2. The number of aromatic nitrogens is 1. The molecule has 0 aliphatic heterocycles. The summed E-state index contributed by atoms with van der Waals surface area (Å²) < 4.78 is 5.13. The number of methoxy groups -OCH3 is 1. The number of nitrogens with zero attached hydrogens (tertiary/aromatic N) is 1. The van der Waals surface area contributed by atoms with Gasteiger partial charge in [-0.05, 0) is 24.3 Å². The number of hydrogen-bond donors (Lipinski definition) is 2. The van der Waals surface area contributed by atoms with Crippen molar-refractivity contribution in [2.75, 3.05) is 18.2 Å². The number of ether oxygens (including phenoxy) is 1. The molecule has 0 saturated heterocycles. The van der Waals surface area contributed by atoms with Crippen molar-refractivity contribution in [2.24, 2.45) is 0 Å².